The Kier molecular flexibility index (Phi) is 8.35. The third kappa shape index (κ3) is 6.50. The first kappa shape index (κ1) is 16.4. The molecule has 0 aromatic carbocycles. The van der Waals surface area contributed by atoms with Crippen LogP contribution in [-0.4, -0.2) is 29.0 Å². The van der Waals surface area contributed by atoms with Crippen molar-refractivity contribution in [2.75, 3.05) is 18.4 Å². The van der Waals surface area contributed by atoms with Gasteiger partial charge in [-0.3, -0.25) is 4.79 Å². The summed E-state index contributed by atoms with van der Waals surface area (Å²) in [5.74, 6) is 0.405. The Morgan fingerprint density at radius 1 is 1.10 bits per heavy atom. The average Bonchev–Trinajstić information content (AvgIpc) is 2.48. The zero-order valence-electron chi connectivity index (χ0n) is 12.6. The van der Waals surface area contributed by atoms with Crippen molar-refractivity contribution >= 4 is 11.9 Å². The van der Waals surface area contributed by atoms with E-state index in [-0.39, 0.29) is 5.91 Å². The summed E-state index contributed by atoms with van der Waals surface area (Å²) in [7, 11) is 0. The molecule has 0 unspecified atom stereocenters. The van der Waals surface area contributed by atoms with Crippen molar-refractivity contribution in [1.29, 1.82) is 0 Å². The molecule has 0 fully saturated rings. The molecular formula is C15H26N4O. The number of hydrogen-bond acceptors (Lipinski definition) is 4. The van der Waals surface area contributed by atoms with Gasteiger partial charge in [0.2, 0.25) is 5.95 Å². The quantitative estimate of drug-likeness (QED) is 0.646. The van der Waals surface area contributed by atoms with Crippen molar-refractivity contribution in [2.24, 2.45) is 0 Å². The number of aromatic nitrogens is 2. The second-order valence-electron chi connectivity index (χ2n) is 4.86. The van der Waals surface area contributed by atoms with E-state index in [0.717, 1.165) is 32.2 Å². The second kappa shape index (κ2) is 10.2. The number of carbonyl (C=O) groups is 1. The number of hydrogen-bond donors (Lipinski definition) is 2. The smallest absolute Gasteiger partial charge is 0.270 e. The van der Waals surface area contributed by atoms with Gasteiger partial charge in [-0.1, -0.05) is 39.5 Å². The summed E-state index contributed by atoms with van der Waals surface area (Å²) in [6.07, 6.45) is 8.37. The van der Waals surface area contributed by atoms with Crippen LogP contribution >= 0.6 is 0 Å². The fraction of sp³-hybridized carbons (Fsp3) is 0.667. The molecule has 1 aromatic rings. The minimum absolute atomic E-state index is 0.125. The Bertz CT molecular complexity index is 395. The molecule has 1 heterocycles. The van der Waals surface area contributed by atoms with Crippen LogP contribution in [-0.2, 0) is 0 Å². The first-order chi connectivity index (χ1) is 9.77. The molecule has 0 aliphatic rings. The summed E-state index contributed by atoms with van der Waals surface area (Å²) in [4.78, 5) is 20.3. The first-order valence-electron chi connectivity index (χ1n) is 7.63. The molecule has 0 spiro atoms. The number of anilines is 1. The zero-order chi connectivity index (χ0) is 14.6. The third-order valence-electron chi connectivity index (χ3n) is 3.02. The van der Waals surface area contributed by atoms with E-state index in [9.17, 15) is 4.79 Å². The molecule has 0 saturated heterocycles. The summed E-state index contributed by atoms with van der Waals surface area (Å²) in [6.45, 7) is 5.86. The molecule has 2 N–H and O–H groups in total. The van der Waals surface area contributed by atoms with Crippen LogP contribution in [0.15, 0.2) is 12.3 Å². The van der Waals surface area contributed by atoms with Crippen molar-refractivity contribution in [3.05, 3.63) is 18.0 Å². The van der Waals surface area contributed by atoms with Crippen molar-refractivity contribution in [2.45, 2.75) is 52.4 Å². The molecule has 1 amide bonds. The number of carbonyl (C=O) groups excluding carboxylic acids is 1. The normalized spacial score (nSPS) is 10.3. The van der Waals surface area contributed by atoms with Crippen LogP contribution in [0.5, 0.6) is 0 Å². The number of nitrogens with one attached hydrogen (secondary N) is 2. The van der Waals surface area contributed by atoms with E-state index < -0.39 is 0 Å². The molecule has 5 nitrogen and oxygen atoms in total. The SMILES string of the molecule is CCCCCNC(=O)c1ccnc(NCCCCC)n1. The van der Waals surface area contributed by atoms with Crippen LogP contribution in [0.4, 0.5) is 5.95 Å². The van der Waals surface area contributed by atoms with Crippen LogP contribution in [0, 0.1) is 0 Å². The number of rotatable bonds is 10. The molecule has 5 heteroatoms. The number of amides is 1. The van der Waals surface area contributed by atoms with Crippen molar-refractivity contribution in [1.82, 2.24) is 15.3 Å². The van der Waals surface area contributed by atoms with E-state index in [1.807, 2.05) is 0 Å². The molecule has 20 heavy (non-hydrogen) atoms. The summed E-state index contributed by atoms with van der Waals surface area (Å²) in [5, 5.41) is 6.03. The fourth-order valence-electron chi connectivity index (χ4n) is 1.81. The molecule has 1 rings (SSSR count). The van der Waals surface area contributed by atoms with Gasteiger partial charge in [-0.15, -0.1) is 0 Å². The van der Waals surface area contributed by atoms with E-state index in [0.29, 0.717) is 18.2 Å². The van der Waals surface area contributed by atoms with Gasteiger partial charge >= 0.3 is 0 Å². The molecule has 0 saturated carbocycles. The fourth-order valence-corrected chi connectivity index (χ4v) is 1.81. The monoisotopic (exact) mass is 278 g/mol. The molecule has 0 bridgehead atoms. The Morgan fingerprint density at radius 2 is 1.80 bits per heavy atom. The zero-order valence-corrected chi connectivity index (χ0v) is 12.6. The Morgan fingerprint density at radius 3 is 2.50 bits per heavy atom. The lowest BCUT2D eigenvalue weighted by Gasteiger charge is -2.07. The predicted octanol–water partition coefficient (Wildman–Crippen LogP) is 3.00. The van der Waals surface area contributed by atoms with E-state index in [2.05, 4.69) is 34.4 Å². The van der Waals surface area contributed by atoms with Gasteiger partial charge in [0.15, 0.2) is 0 Å². The highest BCUT2D eigenvalue weighted by Crippen LogP contribution is 2.02. The Labute approximate surface area is 121 Å². The molecule has 0 aliphatic carbocycles. The van der Waals surface area contributed by atoms with Crippen molar-refractivity contribution in [3.63, 3.8) is 0 Å². The lowest BCUT2D eigenvalue weighted by atomic mass is 10.2. The minimum atomic E-state index is -0.125. The standard InChI is InChI=1S/C15H26N4O/c1-3-5-7-10-16-14(20)13-9-12-18-15(19-13)17-11-8-6-4-2/h9,12H,3-8,10-11H2,1-2H3,(H,16,20)(H,17,18,19). The van der Waals surface area contributed by atoms with Crippen LogP contribution in [0.25, 0.3) is 0 Å². The lowest BCUT2D eigenvalue weighted by Crippen LogP contribution is -2.25. The number of nitrogens with zero attached hydrogens (tertiary/aromatic N) is 2. The molecule has 1 aromatic heterocycles. The van der Waals surface area contributed by atoms with Crippen LogP contribution < -0.4 is 10.6 Å². The number of unbranched alkanes of at least 4 members (excludes halogenated alkanes) is 4. The van der Waals surface area contributed by atoms with Crippen LogP contribution in [0.3, 0.4) is 0 Å². The molecule has 0 aliphatic heterocycles. The van der Waals surface area contributed by atoms with Crippen molar-refractivity contribution < 1.29 is 4.79 Å². The second-order valence-corrected chi connectivity index (χ2v) is 4.86. The maximum absolute atomic E-state index is 11.9. The summed E-state index contributed by atoms with van der Waals surface area (Å²) >= 11 is 0. The molecular weight excluding hydrogens is 252 g/mol. The highest BCUT2D eigenvalue weighted by atomic mass is 16.1. The lowest BCUT2D eigenvalue weighted by molar-refractivity contribution is 0.0948. The molecule has 0 atom stereocenters. The van der Waals surface area contributed by atoms with E-state index >= 15 is 0 Å². The predicted molar refractivity (Wildman–Crippen MR) is 81.9 cm³/mol. The molecule has 0 radical (unpaired) electrons. The largest absolute Gasteiger partial charge is 0.354 e. The van der Waals surface area contributed by atoms with Gasteiger partial charge in [-0.2, -0.15) is 0 Å². The van der Waals surface area contributed by atoms with Gasteiger partial charge in [0.25, 0.3) is 5.91 Å². The topological polar surface area (TPSA) is 66.9 Å². The van der Waals surface area contributed by atoms with Crippen LogP contribution in [0.1, 0.15) is 62.9 Å². The maximum atomic E-state index is 11.9. The highest BCUT2D eigenvalue weighted by molar-refractivity contribution is 5.92. The van der Waals surface area contributed by atoms with Crippen molar-refractivity contribution in [3.8, 4) is 0 Å². The highest BCUT2D eigenvalue weighted by Gasteiger charge is 2.07. The van der Waals surface area contributed by atoms with E-state index in [1.54, 1.807) is 12.3 Å². The summed E-state index contributed by atoms with van der Waals surface area (Å²) < 4.78 is 0. The van der Waals surface area contributed by atoms with E-state index in [1.165, 1.54) is 12.8 Å². The van der Waals surface area contributed by atoms with Gasteiger partial charge in [-0.05, 0) is 18.9 Å². The van der Waals surface area contributed by atoms with Gasteiger partial charge in [0.05, 0.1) is 0 Å². The van der Waals surface area contributed by atoms with Gasteiger partial charge in [0, 0.05) is 19.3 Å². The first-order valence-corrected chi connectivity index (χ1v) is 7.63. The van der Waals surface area contributed by atoms with Crippen LogP contribution in [0.2, 0.25) is 0 Å². The van der Waals surface area contributed by atoms with Gasteiger partial charge in [0.1, 0.15) is 5.69 Å². The summed E-state index contributed by atoms with van der Waals surface area (Å²) in [5.41, 5.74) is 0.425. The Hall–Kier alpha value is -1.65. The van der Waals surface area contributed by atoms with Gasteiger partial charge < -0.3 is 10.6 Å². The maximum Gasteiger partial charge on any atom is 0.270 e. The third-order valence-corrected chi connectivity index (χ3v) is 3.02. The van der Waals surface area contributed by atoms with E-state index in [4.69, 9.17) is 0 Å². The average molecular weight is 278 g/mol. The molecule has 112 valence electrons. The van der Waals surface area contributed by atoms with Gasteiger partial charge in [-0.25, -0.2) is 9.97 Å². The minimum Gasteiger partial charge on any atom is -0.354 e. The summed E-state index contributed by atoms with van der Waals surface area (Å²) in [6, 6.07) is 1.65. The Balaban J connectivity index is 2.39.